The molecule has 0 amide bonds. The van der Waals surface area contributed by atoms with Crippen molar-refractivity contribution < 1.29 is 13.2 Å². The van der Waals surface area contributed by atoms with Crippen LogP contribution in [0.1, 0.15) is 25.0 Å². The Morgan fingerprint density at radius 1 is 1.07 bits per heavy atom. The van der Waals surface area contributed by atoms with Crippen molar-refractivity contribution in [1.82, 2.24) is 14.9 Å². The van der Waals surface area contributed by atoms with Gasteiger partial charge in [-0.3, -0.25) is 4.79 Å². The van der Waals surface area contributed by atoms with Gasteiger partial charge >= 0.3 is 0 Å². The first-order valence-electron chi connectivity index (χ1n) is 9.16. The summed E-state index contributed by atoms with van der Waals surface area (Å²) in [5.74, 6) is 0.739. The average Bonchev–Trinajstić information content (AvgIpc) is 2.68. The van der Waals surface area contributed by atoms with E-state index in [2.05, 4.69) is 14.9 Å². The largest absolute Gasteiger partial charge is 0.491 e. The predicted octanol–water partition coefficient (Wildman–Crippen LogP) is 3.01. The molecule has 2 N–H and O–H groups in total. The topological polar surface area (TPSA) is 101 Å². The number of hydrogen-bond acceptors (Lipinski definition) is 5. The number of sulfonamides is 1. The van der Waals surface area contributed by atoms with Crippen molar-refractivity contribution in [3.05, 3.63) is 76.1 Å². The molecule has 0 fully saturated rings. The Morgan fingerprint density at radius 3 is 2.41 bits per heavy atom. The third kappa shape index (κ3) is 5.30. The van der Waals surface area contributed by atoms with Gasteiger partial charge in [-0.2, -0.15) is 5.10 Å². The highest BCUT2D eigenvalue weighted by molar-refractivity contribution is 7.89. The van der Waals surface area contributed by atoms with E-state index in [-0.39, 0.29) is 23.1 Å². The van der Waals surface area contributed by atoms with E-state index in [1.807, 2.05) is 38.1 Å². The number of aromatic amines is 1. The number of nitrogens with one attached hydrogen (secondary N) is 2. The van der Waals surface area contributed by atoms with Gasteiger partial charge in [0, 0.05) is 18.2 Å². The Labute approximate surface area is 169 Å². The number of rotatable bonds is 7. The van der Waals surface area contributed by atoms with Crippen LogP contribution < -0.4 is 15.0 Å². The van der Waals surface area contributed by atoms with Gasteiger partial charge in [-0.15, -0.1) is 0 Å². The van der Waals surface area contributed by atoms with Gasteiger partial charge in [-0.05, 0) is 56.2 Å². The van der Waals surface area contributed by atoms with Gasteiger partial charge in [0.05, 0.1) is 16.7 Å². The summed E-state index contributed by atoms with van der Waals surface area (Å²) in [7, 11) is -3.74. The van der Waals surface area contributed by atoms with Crippen molar-refractivity contribution in [3.63, 3.8) is 0 Å². The van der Waals surface area contributed by atoms with Crippen molar-refractivity contribution in [2.75, 3.05) is 0 Å². The van der Waals surface area contributed by atoms with E-state index in [1.54, 1.807) is 31.2 Å². The SMILES string of the molecule is Cc1ccc(-c2ccc(=O)[nH]n2)cc1S(=O)(=O)NCc1ccc(OC(C)C)cc1. The molecule has 7 nitrogen and oxygen atoms in total. The van der Waals surface area contributed by atoms with Crippen LogP contribution in [0.25, 0.3) is 11.3 Å². The fourth-order valence-electron chi connectivity index (χ4n) is 2.77. The van der Waals surface area contributed by atoms with Crippen LogP contribution in [0.5, 0.6) is 5.75 Å². The van der Waals surface area contributed by atoms with Gasteiger partial charge in [-0.25, -0.2) is 18.2 Å². The highest BCUT2D eigenvalue weighted by atomic mass is 32.2. The van der Waals surface area contributed by atoms with Crippen molar-refractivity contribution in [2.45, 2.75) is 38.3 Å². The van der Waals surface area contributed by atoms with E-state index >= 15 is 0 Å². The first kappa shape index (κ1) is 20.8. The Kier molecular flexibility index (Phi) is 6.14. The molecule has 0 bridgehead atoms. The molecule has 29 heavy (non-hydrogen) atoms. The van der Waals surface area contributed by atoms with E-state index in [0.717, 1.165) is 11.3 Å². The molecule has 1 aromatic heterocycles. The number of H-pyrrole nitrogens is 1. The minimum Gasteiger partial charge on any atom is -0.491 e. The first-order valence-corrected chi connectivity index (χ1v) is 10.6. The molecule has 3 rings (SSSR count). The molecule has 0 saturated carbocycles. The third-order valence-corrected chi connectivity index (χ3v) is 5.76. The molecule has 2 aromatic carbocycles. The van der Waals surface area contributed by atoms with Gasteiger partial charge in [0.2, 0.25) is 10.0 Å². The second-order valence-electron chi connectivity index (χ2n) is 6.92. The standard InChI is InChI=1S/C21H23N3O4S/c1-14(2)28-18-8-5-16(6-9-18)13-22-29(26,27)20-12-17(7-4-15(20)3)19-10-11-21(25)24-23-19/h4-12,14,22H,13H2,1-3H3,(H,24,25). The average molecular weight is 413 g/mol. The molecule has 0 spiro atoms. The van der Waals surface area contributed by atoms with Crippen LogP contribution in [0.15, 0.2) is 64.3 Å². The Bertz CT molecular complexity index is 1130. The maximum atomic E-state index is 12.9. The summed E-state index contributed by atoms with van der Waals surface area (Å²) in [4.78, 5) is 11.4. The van der Waals surface area contributed by atoms with Gasteiger partial charge in [0.25, 0.3) is 5.56 Å². The molecule has 152 valence electrons. The van der Waals surface area contributed by atoms with Crippen LogP contribution >= 0.6 is 0 Å². The van der Waals surface area contributed by atoms with Crippen molar-refractivity contribution in [1.29, 1.82) is 0 Å². The number of benzene rings is 2. The lowest BCUT2D eigenvalue weighted by Crippen LogP contribution is -2.24. The van der Waals surface area contributed by atoms with Crippen LogP contribution in [-0.2, 0) is 16.6 Å². The maximum absolute atomic E-state index is 12.9. The summed E-state index contributed by atoms with van der Waals surface area (Å²) in [6.45, 7) is 5.78. The second kappa shape index (κ2) is 8.59. The zero-order chi connectivity index (χ0) is 21.0. The van der Waals surface area contributed by atoms with Crippen molar-refractivity contribution >= 4 is 10.0 Å². The molecule has 0 radical (unpaired) electrons. The quantitative estimate of drug-likeness (QED) is 0.620. The Morgan fingerprint density at radius 2 is 1.79 bits per heavy atom. The van der Waals surface area contributed by atoms with Gasteiger partial charge in [0.1, 0.15) is 5.75 Å². The van der Waals surface area contributed by atoms with Gasteiger partial charge in [0.15, 0.2) is 0 Å². The van der Waals surface area contributed by atoms with Crippen LogP contribution in [0.2, 0.25) is 0 Å². The Balaban J connectivity index is 1.79. The summed E-state index contributed by atoms with van der Waals surface area (Å²) in [6.07, 6.45) is 0.0755. The van der Waals surface area contributed by atoms with Crippen LogP contribution in [0, 0.1) is 6.92 Å². The monoisotopic (exact) mass is 413 g/mol. The minimum atomic E-state index is -3.74. The van der Waals surface area contributed by atoms with E-state index in [1.165, 1.54) is 6.07 Å². The van der Waals surface area contributed by atoms with E-state index < -0.39 is 10.0 Å². The van der Waals surface area contributed by atoms with Gasteiger partial charge in [-0.1, -0.05) is 24.3 Å². The van der Waals surface area contributed by atoms with Crippen molar-refractivity contribution in [3.8, 4) is 17.0 Å². The summed E-state index contributed by atoms with van der Waals surface area (Å²) < 4.78 is 34.0. The van der Waals surface area contributed by atoms with E-state index in [9.17, 15) is 13.2 Å². The number of ether oxygens (including phenoxy) is 1. The molecule has 0 unspecified atom stereocenters. The van der Waals surface area contributed by atoms with Crippen molar-refractivity contribution in [2.24, 2.45) is 0 Å². The molecular formula is C21H23N3O4S. The highest BCUT2D eigenvalue weighted by Crippen LogP contribution is 2.23. The lowest BCUT2D eigenvalue weighted by atomic mass is 10.1. The molecule has 0 saturated heterocycles. The molecule has 1 heterocycles. The number of aromatic nitrogens is 2. The third-order valence-electron chi connectivity index (χ3n) is 4.21. The normalized spacial score (nSPS) is 11.6. The van der Waals surface area contributed by atoms with Gasteiger partial charge < -0.3 is 4.74 Å². The fraction of sp³-hybridized carbons (Fsp3) is 0.238. The maximum Gasteiger partial charge on any atom is 0.264 e. The zero-order valence-electron chi connectivity index (χ0n) is 16.5. The number of aryl methyl sites for hydroxylation is 1. The smallest absolute Gasteiger partial charge is 0.264 e. The fourth-order valence-corrected chi connectivity index (χ4v) is 4.05. The summed E-state index contributed by atoms with van der Waals surface area (Å²) in [5, 5.41) is 6.31. The molecule has 0 aliphatic rings. The Hall–Kier alpha value is -2.97. The number of hydrogen-bond donors (Lipinski definition) is 2. The van der Waals surface area contributed by atoms with E-state index in [0.29, 0.717) is 16.8 Å². The molecule has 8 heteroatoms. The first-order chi connectivity index (χ1) is 13.7. The van der Waals surface area contributed by atoms with Crippen LogP contribution in [0.4, 0.5) is 0 Å². The molecule has 0 aliphatic heterocycles. The van der Waals surface area contributed by atoms with Crippen LogP contribution in [0.3, 0.4) is 0 Å². The second-order valence-corrected chi connectivity index (χ2v) is 8.66. The summed E-state index contributed by atoms with van der Waals surface area (Å²) >= 11 is 0. The molecule has 3 aromatic rings. The number of nitrogens with zero attached hydrogens (tertiary/aromatic N) is 1. The summed E-state index contributed by atoms with van der Waals surface area (Å²) in [6, 6.07) is 15.2. The minimum absolute atomic E-state index is 0.0755. The summed E-state index contributed by atoms with van der Waals surface area (Å²) in [5.41, 5.74) is 2.21. The molecule has 0 aliphatic carbocycles. The lowest BCUT2D eigenvalue weighted by Gasteiger charge is -2.12. The van der Waals surface area contributed by atoms with E-state index in [4.69, 9.17) is 4.74 Å². The molecular weight excluding hydrogens is 390 g/mol. The van der Waals surface area contributed by atoms with Crippen LogP contribution in [-0.4, -0.2) is 24.7 Å². The highest BCUT2D eigenvalue weighted by Gasteiger charge is 2.18. The molecule has 0 atom stereocenters. The predicted molar refractivity (Wildman–Crippen MR) is 111 cm³/mol. The zero-order valence-corrected chi connectivity index (χ0v) is 17.3. The lowest BCUT2D eigenvalue weighted by molar-refractivity contribution is 0.242.